The van der Waals surface area contributed by atoms with Gasteiger partial charge in [0.1, 0.15) is 5.76 Å². The predicted molar refractivity (Wildman–Crippen MR) is 80.5 cm³/mol. The highest BCUT2D eigenvalue weighted by molar-refractivity contribution is 5.78. The van der Waals surface area contributed by atoms with Crippen molar-refractivity contribution < 1.29 is 9.32 Å². The molecule has 0 unspecified atom stereocenters. The molecule has 1 heterocycles. The van der Waals surface area contributed by atoms with E-state index in [4.69, 9.17) is 10.3 Å². The van der Waals surface area contributed by atoms with E-state index >= 15 is 0 Å². The molecule has 112 valence electrons. The van der Waals surface area contributed by atoms with Crippen molar-refractivity contribution in [2.75, 3.05) is 13.1 Å². The van der Waals surface area contributed by atoms with Gasteiger partial charge >= 0.3 is 0 Å². The average molecular weight is 287 g/mol. The fourth-order valence-electron chi connectivity index (χ4n) is 2.15. The molecule has 0 saturated carbocycles. The number of aryl methyl sites for hydroxylation is 1. The molecule has 21 heavy (non-hydrogen) atoms. The second-order valence-electron chi connectivity index (χ2n) is 5.05. The van der Waals surface area contributed by atoms with Crippen molar-refractivity contribution in [3.63, 3.8) is 0 Å². The molecule has 0 spiro atoms. The summed E-state index contributed by atoms with van der Waals surface area (Å²) in [4.78, 5) is 14.3. The van der Waals surface area contributed by atoms with Gasteiger partial charge in [-0.3, -0.25) is 4.79 Å². The highest BCUT2D eigenvalue weighted by Crippen LogP contribution is 2.09. The van der Waals surface area contributed by atoms with Crippen LogP contribution in [-0.2, 0) is 17.8 Å². The van der Waals surface area contributed by atoms with Gasteiger partial charge in [0, 0.05) is 19.2 Å². The standard InChI is InChI=1S/C16H21N3O2/c1-13-10-15(18-21-13)11-16(20)19(9-5-8-17)12-14-6-3-2-4-7-14/h2-4,6-7,10H,5,8-9,11-12,17H2,1H3. The molecule has 2 N–H and O–H groups in total. The van der Waals surface area contributed by atoms with Crippen LogP contribution in [0.3, 0.4) is 0 Å². The van der Waals surface area contributed by atoms with Crippen LogP contribution in [0.2, 0.25) is 0 Å². The van der Waals surface area contributed by atoms with Gasteiger partial charge in [0.2, 0.25) is 5.91 Å². The lowest BCUT2D eigenvalue weighted by atomic mass is 10.2. The third-order valence-electron chi connectivity index (χ3n) is 3.21. The normalized spacial score (nSPS) is 10.6. The van der Waals surface area contributed by atoms with Gasteiger partial charge in [-0.2, -0.15) is 0 Å². The van der Waals surface area contributed by atoms with Crippen molar-refractivity contribution >= 4 is 5.91 Å². The van der Waals surface area contributed by atoms with Crippen LogP contribution in [0.4, 0.5) is 0 Å². The molecule has 0 aliphatic heterocycles. The number of carbonyl (C=O) groups is 1. The lowest BCUT2D eigenvalue weighted by Crippen LogP contribution is -2.33. The number of rotatable bonds is 7. The molecular weight excluding hydrogens is 266 g/mol. The molecule has 5 heteroatoms. The van der Waals surface area contributed by atoms with Gasteiger partial charge in [0.05, 0.1) is 12.1 Å². The lowest BCUT2D eigenvalue weighted by molar-refractivity contribution is -0.131. The molecule has 0 bridgehead atoms. The molecule has 0 aliphatic carbocycles. The molecule has 0 atom stereocenters. The molecule has 1 aromatic heterocycles. The summed E-state index contributed by atoms with van der Waals surface area (Å²) < 4.78 is 5.00. The van der Waals surface area contributed by atoms with Crippen LogP contribution in [0.5, 0.6) is 0 Å². The van der Waals surface area contributed by atoms with Gasteiger partial charge in [-0.25, -0.2) is 0 Å². The van der Waals surface area contributed by atoms with E-state index in [2.05, 4.69) is 5.16 Å². The third-order valence-corrected chi connectivity index (χ3v) is 3.21. The van der Waals surface area contributed by atoms with E-state index in [0.717, 1.165) is 17.7 Å². The number of hydrogen-bond acceptors (Lipinski definition) is 4. The Bertz CT molecular complexity index is 566. The minimum Gasteiger partial charge on any atom is -0.361 e. The molecule has 0 radical (unpaired) electrons. The Balaban J connectivity index is 2.02. The Kier molecular flexibility index (Phi) is 5.51. The zero-order valence-corrected chi connectivity index (χ0v) is 12.3. The first kappa shape index (κ1) is 15.3. The van der Waals surface area contributed by atoms with Gasteiger partial charge < -0.3 is 15.2 Å². The van der Waals surface area contributed by atoms with E-state index in [0.29, 0.717) is 25.3 Å². The maximum absolute atomic E-state index is 12.4. The van der Waals surface area contributed by atoms with Crippen molar-refractivity contribution in [3.05, 3.63) is 53.4 Å². The van der Waals surface area contributed by atoms with Crippen LogP contribution in [0, 0.1) is 6.92 Å². The monoisotopic (exact) mass is 287 g/mol. The van der Waals surface area contributed by atoms with Crippen molar-refractivity contribution in [2.24, 2.45) is 5.73 Å². The summed E-state index contributed by atoms with van der Waals surface area (Å²) in [5.74, 6) is 0.759. The number of hydrogen-bond donors (Lipinski definition) is 1. The first-order chi connectivity index (χ1) is 10.2. The fourth-order valence-corrected chi connectivity index (χ4v) is 2.15. The maximum Gasteiger partial charge on any atom is 0.229 e. The van der Waals surface area contributed by atoms with E-state index in [1.165, 1.54) is 0 Å². The molecule has 1 amide bonds. The van der Waals surface area contributed by atoms with Crippen LogP contribution >= 0.6 is 0 Å². The second-order valence-corrected chi connectivity index (χ2v) is 5.05. The minimum absolute atomic E-state index is 0.0422. The Morgan fingerprint density at radius 2 is 2.10 bits per heavy atom. The van der Waals surface area contributed by atoms with E-state index < -0.39 is 0 Å². The van der Waals surface area contributed by atoms with Crippen molar-refractivity contribution in [2.45, 2.75) is 26.3 Å². The summed E-state index contributed by atoms with van der Waals surface area (Å²) >= 11 is 0. The van der Waals surface area contributed by atoms with E-state index in [9.17, 15) is 4.79 Å². The van der Waals surface area contributed by atoms with Crippen molar-refractivity contribution in [1.82, 2.24) is 10.1 Å². The maximum atomic E-state index is 12.4. The highest BCUT2D eigenvalue weighted by Gasteiger charge is 2.16. The Labute approximate surface area is 124 Å². The smallest absolute Gasteiger partial charge is 0.229 e. The zero-order chi connectivity index (χ0) is 15.1. The predicted octanol–water partition coefficient (Wildman–Crippen LogP) is 1.90. The Morgan fingerprint density at radius 1 is 1.33 bits per heavy atom. The molecule has 0 aliphatic rings. The summed E-state index contributed by atoms with van der Waals surface area (Å²) in [6.07, 6.45) is 1.05. The summed E-state index contributed by atoms with van der Waals surface area (Å²) in [7, 11) is 0. The number of amides is 1. The Morgan fingerprint density at radius 3 is 2.71 bits per heavy atom. The van der Waals surface area contributed by atoms with Gasteiger partial charge in [0.25, 0.3) is 0 Å². The lowest BCUT2D eigenvalue weighted by Gasteiger charge is -2.22. The summed E-state index contributed by atoms with van der Waals surface area (Å²) in [5.41, 5.74) is 7.34. The van der Waals surface area contributed by atoms with Crippen LogP contribution < -0.4 is 5.73 Å². The number of nitrogens with zero attached hydrogens (tertiary/aromatic N) is 2. The highest BCUT2D eigenvalue weighted by atomic mass is 16.5. The third kappa shape index (κ3) is 4.72. The van der Waals surface area contributed by atoms with Crippen LogP contribution in [0.15, 0.2) is 40.9 Å². The summed E-state index contributed by atoms with van der Waals surface area (Å²) in [6, 6.07) is 11.7. The van der Waals surface area contributed by atoms with Crippen molar-refractivity contribution in [1.29, 1.82) is 0 Å². The molecule has 2 rings (SSSR count). The molecule has 0 saturated heterocycles. The van der Waals surface area contributed by atoms with Gasteiger partial charge in [-0.05, 0) is 25.5 Å². The van der Waals surface area contributed by atoms with E-state index in [1.807, 2.05) is 42.2 Å². The topological polar surface area (TPSA) is 72.4 Å². The van der Waals surface area contributed by atoms with E-state index in [1.54, 1.807) is 6.07 Å². The Hall–Kier alpha value is -2.14. The number of nitrogens with two attached hydrogens (primary N) is 1. The van der Waals surface area contributed by atoms with Gasteiger partial charge in [0.15, 0.2) is 0 Å². The second kappa shape index (κ2) is 7.59. The van der Waals surface area contributed by atoms with Crippen LogP contribution in [0.1, 0.15) is 23.4 Å². The van der Waals surface area contributed by atoms with Gasteiger partial charge in [-0.15, -0.1) is 0 Å². The number of benzene rings is 1. The fraction of sp³-hybridized carbons (Fsp3) is 0.375. The first-order valence-corrected chi connectivity index (χ1v) is 7.13. The largest absolute Gasteiger partial charge is 0.361 e. The number of carbonyl (C=O) groups excluding carboxylic acids is 1. The minimum atomic E-state index is 0.0422. The van der Waals surface area contributed by atoms with Gasteiger partial charge in [-0.1, -0.05) is 35.5 Å². The molecule has 0 fully saturated rings. The van der Waals surface area contributed by atoms with Crippen molar-refractivity contribution in [3.8, 4) is 0 Å². The molecule has 1 aromatic carbocycles. The van der Waals surface area contributed by atoms with Crippen LogP contribution in [0.25, 0.3) is 0 Å². The quantitative estimate of drug-likeness (QED) is 0.844. The van der Waals surface area contributed by atoms with Crippen LogP contribution in [-0.4, -0.2) is 29.1 Å². The molecular formula is C16H21N3O2. The summed E-state index contributed by atoms with van der Waals surface area (Å²) in [6.45, 7) is 3.64. The first-order valence-electron chi connectivity index (χ1n) is 7.13. The summed E-state index contributed by atoms with van der Waals surface area (Å²) in [5, 5.41) is 3.88. The van der Waals surface area contributed by atoms with E-state index in [-0.39, 0.29) is 12.3 Å². The number of aromatic nitrogens is 1. The molecule has 2 aromatic rings. The SMILES string of the molecule is Cc1cc(CC(=O)N(CCCN)Cc2ccccc2)no1. The average Bonchev–Trinajstić information content (AvgIpc) is 2.89. The molecule has 5 nitrogen and oxygen atoms in total. The zero-order valence-electron chi connectivity index (χ0n) is 12.3.